The van der Waals surface area contributed by atoms with Gasteiger partial charge >= 0.3 is 0 Å². The van der Waals surface area contributed by atoms with Crippen molar-refractivity contribution in [1.82, 2.24) is 20.2 Å². The van der Waals surface area contributed by atoms with Crippen molar-refractivity contribution in [2.24, 2.45) is 0 Å². The van der Waals surface area contributed by atoms with Gasteiger partial charge in [0.1, 0.15) is 10.6 Å². The van der Waals surface area contributed by atoms with Gasteiger partial charge in [-0.3, -0.25) is 0 Å². The van der Waals surface area contributed by atoms with Crippen LogP contribution < -0.4 is 9.64 Å². The highest BCUT2D eigenvalue weighted by Crippen LogP contribution is 2.38. The molecule has 0 spiro atoms. The number of ether oxygens (including phenoxy) is 2. The van der Waals surface area contributed by atoms with E-state index in [4.69, 9.17) is 19.4 Å². The highest BCUT2D eigenvalue weighted by molar-refractivity contribution is 7.25. The summed E-state index contributed by atoms with van der Waals surface area (Å²) < 4.78 is 11.9. The van der Waals surface area contributed by atoms with Crippen LogP contribution in [-0.4, -0.2) is 53.6 Å². The first-order chi connectivity index (χ1) is 13.3. The summed E-state index contributed by atoms with van der Waals surface area (Å²) >= 11 is 1.59. The minimum atomic E-state index is 0.680. The quantitative estimate of drug-likeness (QED) is 0.541. The molecule has 1 saturated heterocycles. The van der Waals surface area contributed by atoms with Crippen molar-refractivity contribution in [1.29, 1.82) is 0 Å². The van der Waals surface area contributed by atoms with Gasteiger partial charge in [0.05, 0.1) is 36.7 Å². The first-order valence-electron chi connectivity index (χ1n) is 8.72. The van der Waals surface area contributed by atoms with E-state index in [0.29, 0.717) is 19.0 Å². The number of nitrogens with zero attached hydrogens (tertiary/aromatic N) is 5. The van der Waals surface area contributed by atoms with Gasteiger partial charge in [-0.25, -0.2) is 9.97 Å². The van der Waals surface area contributed by atoms with Crippen LogP contribution in [-0.2, 0) is 4.74 Å². The Balaban J connectivity index is 1.77. The third-order valence-corrected chi connectivity index (χ3v) is 5.70. The van der Waals surface area contributed by atoms with Crippen LogP contribution in [0.1, 0.15) is 0 Å². The van der Waals surface area contributed by atoms with Gasteiger partial charge in [0, 0.05) is 24.0 Å². The van der Waals surface area contributed by atoms with E-state index in [-0.39, 0.29) is 0 Å². The summed E-state index contributed by atoms with van der Waals surface area (Å²) in [4.78, 5) is 13.0. The van der Waals surface area contributed by atoms with Gasteiger partial charge in [-0.1, -0.05) is 12.1 Å². The number of anilines is 1. The predicted octanol–water partition coefficient (Wildman–Crippen LogP) is 3.15. The molecule has 0 N–H and O–H groups in total. The Morgan fingerprint density at radius 1 is 1.15 bits per heavy atom. The van der Waals surface area contributed by atoms with Gasteiger partial charge < -0.3 is 14.4 Å². The molecule has 4 aromatic rings. The fraction of sp³-hybridized carbons (Fsp3) is 0.263. The van der Waals surface area contributed by atoms with Crippen LogP contribution in [0, 0.1) is 0 Å². The minimum Gasteiger partial charge on any atom is -0.497 e. The lowest BCUT2D eigenvalue weighted by atomic mass is 10.2. The molecule has 0 saturated carbocycles. The molecule has 0 bridgehead atoms. The van der Waals surface area contributed by atoms with Gasteiger partial charge in [0.15, 0.2) is 11.6 Å². The zero-order valence-electron chi connectivity index (χ0n) is 14.8. The van der Waals surface area contributed by atoms with Crippen molar-refractivity contribution >= 4 is 37.6 Å². The van der Waals surface area contributed by atoms with E-state index in [1.165, 1.54) is 0 Å². The topological polar surface area (TPSA) is 73.3 Å². The summed E-state index contributed by atoms with van der Waals surface area (Å²) in [5.74, 6) is 2.40. The van der Waals surface area contributed by atoms with Gasteiger partial charge in [-0.15, -0.1) is 16.4 Å². The van der Waals surface area contributed by atoms with Crippen molar-refractivity contribution in [3.63, 3.8) is 0 Å². The molecule has 0 atom stereocenters. The van der Waals surface area contributed by atoms with Crippen LogP contribution >= 0.6 is 11.3 Å². The summed E-state index contributed by atoms with van der Waals surface area (Å²) in [7, 11) is 1.66. The Labute approximate surface area is 159 Å². The van der Waals surface area contributed by atoms with E-state index < -0.39 is 0 Å². The first-order valence-corrected chi connectivity index (χ1v) is 9.54. The maximum absolute atomic E-state index is 5.52. The number of hydrogen-bond donors (Lipinski definition) is 0. The number of methoxy groups -OCH3 is 1. The Kier molecular flexibility index (Phi) is 4.06. The summed E-state index contributed by atoms with van der Waals surface area (Å²) in [6, 6.07) is 9.79. The molecule has 8 heteroatoms. The number of thiophene rings is 1. The fourth-order valence-electron chi connectivity index (χ4n) is 3.27. The van der Waals surface area contributed by atoms with Crippen LogP contribution in [0.15, 0.2) is 36.5 Å². The van der Waals surface area contributed by atoms with E-state index in [0.717, 1.165) is 50.7 Å². The van der Waals surface area contributed by atoms with E-state index in [2.05, 4.69) is 15.1 Å². The zero-order chi connectivity index (χ0) is 18.2. The lowest BCUT2D eigenvalue weighted by Crippen LogP contribution is -2.36. The van der Waals surface area contributed by atoms with Gasteiger partial charge in [0.2, 0.25) is 0 Å². The molecule has 4 heterocycles. The average Bonchev–Trinajstić information content (AvgIpc) is 3.12. The molecule has 1 aromatic carbocycles. The smallest absolute Gasteiger partial charge is 0.162 e. The minimum absolute atomic E-state index is 0.680. The average molecular weight is 379 g/mol. The fourth-order valence-corrected chi connectivity index (χ4v) is 4.34. The molecule has 0 radical (unpaired) electrons. The molecule has 1 aliphatic heterocycles. The van der Waals surface area contributed by atoms with Crippen LogP contribution in [0.2, 0.25) is 0 Å². The molecule has 0 amide bonds. The molecule has 136 valence electrons. The van der Waals surface area contributed by atoms with Crippen molar-refractivity contribution in [2.45, 2.75) is 0 Å². The van der Waals surface area contributed by atoms with Gasteiger partial charge in [0.25, 0.3) is 0 Å². The SMILES string of the molecule is COc1cccc(-c2nc(N3CCOCC3)c3sc4nnccc4c3n2)c1. The highest BCUT2D eigenvalue weighted by atomic mass is 32.1. The van der Waals surface area contributed by atoms with E-state index in [1.807, 2.05) is 30.3 Å². The monoisotopic (exact) mass is 379 g/mol. The number of benzene rings is 1. The molecule has 7 nitrogen and oxygen atoms in total. The third kappa shape index (κ3) is 2.87. The lowest BCUT2D eigenvalue weighted by molar-refractivity contribution is 0.122. The van der Waals surface area contributed by atoms with Crippen molar-refractivity contribution in [3.8, 4) is 17.1 Å². The number of hydrogen-bond acceptors (Lipinski definition) is 8. The van der Waals surface area contributed by atoms with Crippen LogP contribution in [0.3, 0.4) is 0 Å². The normalized spacial score (nSPS) is 14.8. The second kappa shape index (κ2) is 6.71. The van der Waals surface area contributed by atoms with E-state index in [1.54, 1.807) is 24.6 Å². The summed E-state index contributed by atoms with van der Waals surface area (Å²) in [6.07, 6.45) is 1.70. The van der Waals surface area contributed by atoms with E-state index >= 15 is 0 Å². The first kappa shape index (κ1) is 16.3. The largest absolute Gasteiger partial charge is 0.497 e. The maximum Gasteiger partial charge on any atom is 0.162 e. The molecule has 1 fully saturated rings. The molecular weight excluding hydrogens is 362 g/mol. The molecular formula is C19H17N5O2S. The Hall–Kier alpha value is -2.84. The summed E-state index contributed by atoms with van der Waals surface area (Å²) in [5, 5.41) is 9.29. The zero-order valence-corrected chi connectivity index (χ0v) is 15.6. The number of fused-ring (bicyclic) bond motifs is 3. The van der Waals surface area contributed by atoms with Crippen LogP contribution in [0.25, 0.3) is 31.8 Å². The van der Waals surface area contributed by atoms with Crippen molar-refractivity contribution in [3.05, 3.63) is 36.5 Å². The number of morpholine rings is 1. The van der Waals surface area contributed by atoms with Crippen molar-refractivity contribution in [2.75, 3.05) is 38.3 Å². The lowest BCUT2D eigenvalue weighted by Gasteiger charge is -2.28. The second-order valence-corrected chi connectivity index (χ2v) is 7.23. The predicted molar refractivity (Wildman–Crippen MR) is 106 cm³/mol. The Morgan fingerprint density at radius 3 is 2.89 bits per heavy atom. The molecule has 1 aliphatic rings. The Morgan fingerprint density at radius 2 is 2.04 bits per heavy atom. The van der Waals surface area contributed by atoms with Crippen LogP contribution in [0.4, 0.5) is 5.82 Å². The maximum atomic E-state index is 5.52. The molecule has 5 rings (SSSR count). The van der Waals surface area contributed by atoms with Gasteiger partial charge in [-0.05, 0) is 18.2 Å². The Bertz CT molecular complexity index is 1120. The molecule has 0 aliphatic carbocycles. The summed E-state index contributed by atoms with van der Waals surface area (Å²) in [5.41, 5.74) is 1.84. The molecule has 3 aromatic heterocycles. The standard InChI is InChI=1S/C19H17N5O2S/c1-25-13-4-2-3-12(11-13)17-21-15-14-5-6-20-23-19(14)27-16(15)18(22-17)24-7-9-26-10-8-24/h2-6,11H,7-10H2,1H3. The molecule has 0 unspecified atom stereocenters. The molecule has 27 heavy (non-hydrogen) atoms. The second-order valence-electron chi connectivity index (χ2n) is 6.23. The van der Waals surface area contributed by atoms with E-state index in [9.17, 15) is 0 Å². The summed E-state index contributed by atoms with van der Waals surface area (Å²) in [6.45, 7) is 3.02. The third-order valence-electron chi connectivity index (χ3n) is 4.63. The van der Waals surface area contributed by atoms with Crippen molar-refractivity contribution < 1.29 is 9.47 Å². The van der Waals surface area contributed by atoms with Crippen LogP contribution in [0.5, 0.6) is 5.75 Å². The number of aromatic nitrogens is 4. The number of rotatable bonds is 3. The van der Waals surface area contributed by atoms with Gasteiger partial charge in [-0.2, -0.15) is 5.10 Å². The highest BCUT2D eigenvalue weighted by Gasteiger charge is 2.21.